The van der Waals surface area contributed by atoms with E-state index < -0.39 is 5.97 Å². The molecule has 0 bridgehead atoms. The molecule has 4 nitrogen and oxygen atoms in total. The molecule has 0 amide bonds. The Morgan fingerprint density at radius 1 is 1.29 bits per heavy atom. The van der Waals surface area contributed by atoms with Gasteiger partial charge in [0.25, 0.3) is 0 Å². The van der Waals surface area contributed by atoms with Crippen molar-refractivity contribution in [3.63, 3.8) is 0 Å². The second kappa shape index (κ2) is 4.60. The third kappa shape index (κ3) is 2.05. The van der Waals surface area contributed by atoms with Crippen molar-refractivity contribution in [1.82, 2.24) is 9.47 Å². The summed E-state index contributed by atoms with van der Waals surface area (Å²) in [5, 5.41) is 10.4. The van der Waals surface area contributed by atoms with Crippen LogP contribution < -0.4 is 0 Å². The maximum atomic E-state index is 11.0. The summed E-state index contributed by atoms with van der Waals surface area (Å²) in [5.74, 6) is 0.120. The highest BCUT2D eigenvalue weighted by Crippen LogP contribution is 2.51. The van der Waals surface area contributed by atoms with Gasteiger partial charge < -0.3 is 9.67 Å². The Morgan fingerprint density at radius 3 is 2.71 bits per heavy atom. The summed E-state index contributed by atoms with van der Waals surface area (Å²) < 4.78 is 2.25. The van der Waals surface area contributed by atoms with Crippen LogP contribution in [0.3, 0.4) is 0 Å². The highest BCUT2D eigenvalue weighted by Gasteiger charge is 2.59. The summed E-state index contributed by atoms with van der Waals surface area (Å²) in [6, 6.07) is 8.84. The van der Waals surface area contributed by atoms with Crippen LogP contribution in [-0.2, 0) is 17.9 Å². The number of nitrogens with zero attached hydrogens (tertiary/aromatic N) is 2. The van der Waals surface area contributed by atoms with E-state index in [2.05, 4.69) is 46.9 Å². The Kier molecular flexibility index (Phi) is 2.82. The SMILES string of the molecule is CCn1ccc2cc(CN3C[C@@H]4C(C(=O)O)[C@@H]4C3)ccc21. The first kappa shape index (κ1) is 12.9. The van der Waals surface area contributed by atoms with Gasteiger partial charge in [0.2, 0.25) is 0 Å². The molecule has 4 heteroatoms. The maximum absolute atomic E-state index is 11.0. The Hall–Kier alpha value is -1.81. The number of piperidine rings is 1. The molecule has 1 aliphatic heterocycles. The van der Waals surface area contributed by atoms with E-state index in [9.17, 15) is 4.79 Å². The molecule has 2 aliphatic rings. The Bertz CT molecular complexity index is 694. The number of rotatable bonds is 4. The number of hydrogen-bond acceptors (Lipinski definition) is 2. The second-order valence-corrected chi connectivity index (χ2v) is 6.38. The van der Waals surface area contributed by atoms with Crippen molar-refractivity contribution in [1.29, 1.82) is 0 Å². The van der Waals surface area contributed by atoms with Crippen LogP contribution in [0.1, 0.15) is 12.5 Å². The monoisotopic (exact) mass is 284 g/mol. The Morgan fingerprint density at radius 2 is 2.05 bits per heavy atom. The van der Waals surface area contributed by atoms with Gasteiger partial charge in [-0.15, -0.1) is 0 Å². The van der Waals surface area contributed by atoms with E-state index in [1.165, 1.54) is 16.5 Å². The van der Waals surface area contributed by atoms with Crippen molar-refractivity contribution in [2.24, 2.45) is 17.8 Å². The van der Waals surface area contributed by atoms with Gasteiger partial charge in [-0.2, -0.15) is 0 Å². The number of carboxylic acids is 1. The molecule has 1 N–H and O–H groups in total. The highest BCUT2D eigenvalue weighted by atomic mass is 16.4. The van der Waals surface area contributed by atoms with E-state index >= 15 is 0 Å². The smallest absolute Gasteiger partial charge is 0.307 e. The quantitative estimate of drug-likeness (QED) is 0.938. The Labute approximate surface area is 124 Å². The second-order valence-electron chi connectivity index (χ2n) is 6.38. The normalized spacial score (nSPS) is 28.0. The number of carboxylic acid groups (broad SMARTS) is 1. The van der Waals surface area contributed by atoms with Gasteiger partial charge in [0.15, 0.2) is 0 Å². The van der Waals surface area contributed by atoms with Gasteiger partial charge in [0.05, 0.1) is 5.92 Å². The number of fused-ring (bicyclic) bond motifs is 2. The van der Waals surface area contributed by atoms with Crippen LogP contribution in [0.2, 0.25) is 0 Å². The lowest BCUT2D eigenvalue weighted by Gasteiger charge is -2.18. The van der Waals surface area contributed by atoms with Gasteiger partial charge in [0.1, 0.15) is 0 Å². The standard InChI is InChI=1S/C17H20N2O2/c1-2-19-6-5-12-7-11(3-4-15(12)19)8-18-9-13-14(10-18)16(13)17(20)21/h3-7,13-14,16H,2,8-10H2,1H3,(H,20,21)/t13-,14+,16?. The van der Waals surface area contributed by atoms with Crippen molar-refractivity contribution in [3.05, 3.63) is 36.0 Å². The van der Waals surface area contributed by atoms with Crippen LogP contribution in [-0.4, -0.2) is 33.6 Å². The molecule has 0 spiro atoms. The van der Waals surface area contributed by atoms with Gasteiger partial charge in [-0.1, -0.05) is 6.07 Å². The topological polar surface area (TPSA) is 45.5 Å². The first-order valence-corrected chi connectivity index (χ1v) is 7.70. The molecule has 2 heterocycles. The van der Waals surface area contributed by atoms with Crippen molar-refractivity contribution in [2.45, 2.75) is 20.0 Å². The first-order chi connectivity index (χ1) is 10.2. The molecule has 4 rings (SSSR count). The van der Waals surface area contributed by atoms with E-state index in [1.54, 1.807) is 0 Å². The predicted molar refractivity (Wildman–Crippen MR) is 81.0 cm³/mol. The fourth-order valence-corrected chi connectivity index (χ4v) is 3.99. The summed E-state index contributed by atoms with van der Waals surface area (Å²) in [7, 11) is 0. The number of aryl methyl sites for hydroxylation is 1. The van der Waals surface area contributed by atoms with E-state index in [-0.39, 0.29) is 5.92 Å². The van der Waals surface area contributed by atoms with Gasteiger partial charge in [-0.3, -0.25) is 9.69 Å². The Balaban J connectivity index is 1.46. The third-order valence-corrected chi connectivity index (χ3v) is 5.14. The predicted octanol–water partition coefficient (Wildman–Crippen LogP) is 2.42. The van der Waals surface area contributed by atoms with E-state index in [0.717, 1.165) is 26.2 Å². The summed E-state index contributed by atoms with van der Waals surface area (Å²) in [6.07, 6.45) is 2.14. The number of aromatic nitrogens is 1. The minimum atomic E-state index is -0.605. The van der Waals surface area contributed by atoms with Crippen LogP contribution >= 0.6 is 0 Å². The average molecular weight is 284 g/mol. The molecule has 2 aromatic rings. The largest absolute Gasteiger partial charge is 0.481 e. The zero-order chi connectivity index (χ0) is 14.6. The molecule has 3 atom stereocenters. The summed E-state index contributed by atoms with van der Waals surface area (Å²) in [4.78, 5) is 13.4. The summed E-state index contributed by atoms with van der Waals surface area (Å²) in [6.45, 7) is 5.97. The van der Waals surface area contributed by atoms with Gasteiger partial charge in [-0.05, 0) is 47.9 Å². The maximum Gasteiger partial charge on any atom is 0.307 e. The third-order valence-electron chi connectivity index (χ3n) is 5.14. The number of carbonyl (C=O) groups is 1. The van der Waals surface area contributed by atoms with Gasteiger partial charge >= 0.3 is 5.97 Å². The first-order valence-electron chi connectivity index (χ1n) is 7.70. The molecular weight excluding hydrogens is 264 g/mol. The fraction of sp³-hybridized carbons (Fsp3) is 0.471. The van der Waals surface area contributed by atoms with Crippen molar-refractivity contribution in [2.75, 3.05) is 13.1 Å². The van der Waals surface area contributed by atoms with Crippen LogP contribution in [0.4, 0.5) is 0 Å². The minimum absolute atomic E-state index is 0.0673. The summed E-state index contributed by atoms with van der Waals surface area (Å²) >= 11 is 0. The number of hydrogen-bond donors (Lipinski definition) is 1. The van der Waals surface area contributed by atoms with Crippen molar-refractivity contribution >= 4 is 16.9 Å². The zero-order valence-corrected chi connectivity index (χ0v) is 12.2. The molecule has 1 saturated heterocycles. The van der Waals surface area contributed by atoms with Crippen LogP contribution in [0.15, 0.2) is 30.5 Å². The van der Waals surface area contributed by atoms with E-state index in [0.29, 0.717) is 11.8 Å². The van der Waals surface area contributed by atoms with E-state index in [1.807, 2.05) is 0 Å². The molecule has 21 heavy (non-hydrogen) atoms. The minimum Gasteiger partial charge on any atom is -0.481 e. The van der Waals surface area contributed by atoms with Crippen molar-refractivity contribution < 1.29 is 9.90 Å². The van der Waals surface area contributed by atoms with Gasteiger partial charge in [-0.25, -0.2) is 0 Å². The van der Waals surface area contributed by atoms with Crippen LogP contribution in [0.5, 0.6) is 0 Å². The molecular formula is C17H20N2O2. The molecule has 1 aliphatic carbocycles. The number of aliphatic carboxylic acids is 1. The van der Waals surface area contributed by atoms with Crippen molar-refractivity contribution in [3.8, 4) is 0 Å². The molecule has 1 aromatic heterocycles. The molecule has 1 unspecified atom stereocenters. The average Bonchev–Trinajstić information content (AvgIpc) is 2.83. The highest BCUT2D eigenvalue weighted by molar-refractivity contribution is 5.80. The van der Waals surface area contributed by atoms with Crippen LogP contribution in [0, 0.1) is 17.8 Å². The zero-order valence-electron chi connectivity index (χ0n) is 12.2. The number of likely N-dealkylation sites (tertiary alicyclic amines) is 1. The lowest BCUT2D eigenvalue weighted by Crippen LogP contribution is -2.25. The molecule has 2 fully saturated rings. The lowest BCUT2D eigenvalue weighted by molar-refractivity contribution is -0.139. The summed E-state index contributed by atoms with van der Waals surface area (Å²) in [5.41, 5.74) is 2.61. The lowest BCUT2D eigenvalue weighted by atomic mass is 10.1. The molecule has 110 valence electrons. The molecule has 0 radical (unpaired) electrons. The number of benzene rings is 1. The van der Waals surface area contributed by atoms with Crippen LogP contribution in [0.25, 0.3) is 10.9 Å². The molecule has 1 aromatic carbocycles. The van der Waals surface area contributed by atoms with Gasteiger partial charge in [0, 0.05) is 37.9 Å². The fourth-order valence-electron chi connectivity index (χ4n) is 3.99. The van der Waals surface area contributed by atoms with E-state index in [4.69, 9.17) is 5.11 Å². The molecule has 1 saturated carbocycles.